The summed E-state index contributed by atoms with van der Waals surface area (Å²) in [6.07, 6.45) is -0.185. The zero-order chi connectivity index (χ0) is 34.7. The number of nitrogens with zero attached hydrogens (tertiary/aromatic N) is 2. The minimum absolute atomic E-state index is 0.0845. The van der Waals surface area contributed by atoms with Gasteiger partial charge in [-0.2, -0.15) is 0 Å². The van der Waals surface area contributed by atoms with Gasteiger partial charge in [0.15, 0.2) is 11.5 Å². The molecule has 2 aliphatic rings. The summed E-state index contributed by atoms with van der Waals surface area (Å²) in [7, 11) is 0. The fraction of sp³-hybridized carbons (Fsp3) is 0.270. The van der Waals surface area contributed by atoms with Crippen LogP contribution in [0.25, 0.3) is 10.8 Å². The number of rotatable bonds is 11. The van der Waals surface area contributed by atoms with E-state index < -0.39 is 41.9 Å². The van der Waals surface area contributed by atoms with Crippen LogP contribution in [0.1, 0.15) is 48.6 Å². The lowest BCUT2D eigenvalue weighted by Crippen LogP contribution is -2.44. The number of nitrogens with two attached hydrogens (primary N) is 1. The largest absolute Gasteiger partial charge is 0.486 e. The third kappa shape index (κ3) is 6.62. The van der Waals surface area contributed by atoms with Crippen molar-refractivity contribution in [3.8, 4) is 11.5 Å². The summed E-state index contributed by atoms with van der Waals surface area (Å²) in [6, 6.07) is 23.9. The molecule has 1 saturated heterocycles. The molecule has 4 aromatic rings. The molecule has 0 spiro atoms. The fourth-order valence-corrected chi connectivity index (χ4v) is 6.24. The monoisotopic (exact) mass is 663 g/mol. The summed E-state index contributed by atoms with van der Waals surface area (Å²) >= 11 is 0. The van der Waals surface area contributed by atoms with E-state index in [2.05, 4.69) is 5.32 Å². The number of carbonyl (C=O) groups is 4. The average molecular weight is 664 g/mol. The number of hydrogen-bond acceptors (Lipinski definition) is 8. The molecule has 0 aliphatic carbocycles. The van der Waals surface area contributed by atoms with E-state index in [1.165, 1.54) is 4.90 Å². The molecule has 2 heterocycles. The standard InChI is InChI=1S/C37H37N5O7/c1-3-47-33(44)20-29(27-12-15-30-31(19-27)49-17-16-48-30)40-32(43)22-41-35(45)37(2,28-13-10-25(11-14-28)34(38)39)42(36(41)46)21-23-8-9-24-6-4-5-7-26(24)18-23/h4-15,18-19,29H,3,16-17,20-22H2,1-2H3,(H3,38,39)(H,40,43). The van der Waals surface area contributed by atoms with Gasteiger partial charge in [-0.25, -0.2) is 4.79 Å². The van der Waals surface area contributed by atoms with Crippen LogP contribution in [0, 0.1) is 5.41 Å². The Morgan fingerprint density at radius 3 is 2.39 bits per heavy atom. The van der Waals surface area contributed by atoms with Crippen molar-refractivity contribution in [1.29, 1.82) is 5.41 Å². The van der Waals surface area contributed by atoms with E-state index in [-0.39, 0.29) is 25.4 Å². The van der Waals surface area contributed by atoms with E-state index in [0.29, 0.717) is 41.4 Å². The maximum atomic E-state index is 14.3. The Morgan fingerprint density at radius 2 is 1.67 bits per heavy atom. The van der Waals surface area contributed by atoms with Crippen molar-refractivity contribution < 1.29 is 33.4 Å². The summed E-state index contributed by atoms with van der Waals surface area (Å²) in [4.78, 5) is 57.1. The van der Waals surface area contributed by atoms with Gasteiger partial charge < -0.3 is 30.2 Å². The number of fused-ring (bicyclic) bond motifs is 2. The van der Waals surface area contributed by atoms with E-state index in [1.54, 1.807) is 56.3 Å². The molecule has 4 amide bonds. The van der Waals surface area contributed by atoms with Crippen molar-refractivity contribution in [3.05, 3.63) is 107 Å². The van der Waals surface area contributed by atoms with Crippen LogP contribution in [-0.2, 0) is 31.2 Å². The van der Waals surface area contributed by atoms with Gasteiger partial charge in [0.05, 0.1) is 19.1 Å². The Kier molecular flexibility index (Phi) is 9.21. The van der Waals surface area contributed by atoms with Gasteiger partial charge in [0.2, 0.25) is 5.91 Å². The van der Waals surface area contributed by atoms with Gasteiger partial charge >= 0.3 is 12.0 Å². The molecule has 4 aromatic carbocycles. The predicted octanol–water partition coefficient (Wildman–Crippen LogP) is 4.39. The zero-order valence-electron chi connectivity index (χ0n) is 27.2. The number of carbonyl (C=O) groups excluding carboxylic acids is 4. The number of benzene rings is 4. The molecule has 12 nitrogen and oxygen atoms in total. The number of urea groups is 1. The molecule has 252 valence electrons. The summed E-state index contributed by atoms with van der Waals surface area (Å²) in [5.74, 6) is -0.872. The topological polar surface area (TPSA) is 164 Å². The van der Waals surface area contributed by atoms with E-state index in [4.69, 9.17) is 25.4 Å². The predicted molar refractivity (Wildman–Crippen MR) is 181 cm³/mol. The second-order valence-electron chi connectivity index (χ2n) is 12.0. The van der Waals surface area contributed by atoms with E-state index in [0.717, 1.165) is 21.2 Å². The van der Waals surface area contributed by atoms with Crippen LogP contribution in [0.5, 0.6) is 11.5 Å². The molecule has 1 fully saturated rings. The van der Waals surface area contributed by atoms with Crippen LogP contribution < -0.4 is 20.5 Å². The summed E-state index contributed by atoms with van der Waals surface area (Å²) in [5.41, 5.74) is 6.51. The molecule has 12 heteroatoms. The number of esters is 1. The van der Waals surface area contributed by atoms with E-state index >= 15 is 0 Å². The first-order chi connectivity index (χ1) is 23.6. The minimum Gasteiger partial charge on any atom is -0.486 e. The van der Waals surface area contributed by atoms with Crippen molar-refractivity contribution in [2.45, 2.75) is 38.4 Å². The minimum atomic E-state index is -1.49. The van der Waals surface area contributed by atoms with Crippen LogP contribution in [0.4, 0.5) is 4.79 Å². The van der Waals surface area contributed by atoms with Crippen LogP contribution in [0.15, 0.2) is 84.9 Å². The third-order valence-corrected chi connectivity index (χ3v) is 8.86. The van der Waals surface area contributed by atoms with Crippen molar-refractivity contribution in [1.82, 2.24) is 15.1 Å². The van der Waals surface area contributed by atoms with Gasteiger partial charge in [-0.1, -0.05) is 66.7 Å². The number of amides is 4. The number of ether oxygens (including phenoxy) is 3. The molecular formula is C37H37N5O7. The SMILES string of the molecule is CCOC(=O)CC(NC(=O)CN1C(=O)N(Cc2ccc3ccccc3c2)C(C)(c2ccc(C(=N)N)cc2)C1=O)c1ccc2c(c1)OCCO2. The van der Waals surface area contributed by atoms with Crippen molar-refractivity contribution in [2.24, 2.45) is 5.73 Å². The molecule has 0 bridgehead atoms. The molecule has 0 saturated carbocycles. The van der Waals surface area contributed by atoms with Gasteiger partial charge in [-0.3, -0.25) is 24.7 Å². The normalized spacial score (nSPS) is 17.6. The van der Waals surface area contributed by atoms with Gasteiger partial charge in [0, 0.05) is 12.1 Å². The number of nitrogen functional groups attached to an aromatic ring is 1. The zero-order valence-corrected chi connectivity index (χ0v) is 27.2. The van der Waals surface area contributed by atoms with Crippen molar-refractivity contribution in [2.75, 3.05) is 26.4 Å². The Morgan fingerprint density at radius 1 is 0.959 bits per heavy atom. The van der Waals surface area contributed by atoms with Crippen LogP contribution in [-0.4, -0.2) is 65.8 Å². The third-order valence-electron chi connectivity index (χ3n) is 8.86. The van der Waals surface area contributed by atoms with Gasteiger partial charge in [0.1, 0.15) is 31.1 Å². The fourth-order valence-electron chi connectivity index (χ4n) is 6.24. The first-order valence-corrected chi connectivity index (χ1v) is 16.0. The first kappa shape index (κ1) is 33.0. The van der Waals surface area contributed by atoms with Crippen LogP contribution in [0.2, 0.25) is 0 Å². The van der Waals surface area contributed by atoms with E-state index in [1.807, 2.05) is 42.5 Å². The van der Waals surface area contributed by atoms with Crippen LogP contribution in [0.3, 0.4) is 0 Å². The molecule has 2 aliphatic heterocycles. The number of imide groups is 1. The Labute approximate surface area is 283 Å². The lowest BCUT2D eigenvalue weighted by Gasteiger charge is -2.32. The van der Waals surface area contributed by atoms with Crippen LogP contribution >= 0.6 is 0 Å². The van der Waals surface area contributed by atoms with Gasteiger partial charge in [-0.15, -0.1) is 0 Å². The maximum absolute atomic E-state index is 14.3. The highest BCUT2D eigenvalue weighted by Gasteiger charge is 2.55. The number of amidine groups is 1. The second-order valence-corrected chi connectivity index (χ2v) is 12.0. The summed E-state index contributed by atoms with van der Waals surface area (Å²) in [5, 5.41) is 12.6. The Balaban J connectivity index is 1.29. The summed E-state index contributed by atoms with van der Waals surface area (Å²) in [6.45, 7) is 3.76. The Hall–Kier alpha value is -5.91. The molecule has 4 N–H and O–H groups in total. The maximum Gasteiger partial charge on any atom is 0.328 e. The smallest absolute Gasteiger partial charge is 0.328 e. The molecule has 0 aromatic heterocycles. The highest BCUT2D eigenvalue weighted by Crippen LogP contribution is 2.39. The molecule has 0 radical (unpaired) electrons. The van der Waals surface area contributed by atoms with Crippen molar-refractivity contribution >= 4 is 40.4 Å². The highest BCUT2D eigenvalue weighted by atomic mass is 16.6. The second kappa shape index (κ2) is 13.7. The molecule has 6 rings (SSSR count). The summed E-state index contributed by atoms with van der Waals surface area (Å²) < 4.78 is 16.5. The van der Waals surface area contributed by atoms with Crippen molar-refractivity contribution in [3.63, 3.8) is 0 Å². The molecular weight excluding hydrogens is 626 g/mol. The van der Waals surface area contributed by atoms with Gasteiger partial charge in [0.25, 0.3) is 5.91 Å². The quantitative estimate of drug-likeness (QED) is 0.0921. The van der Waals surface area contributed by atoms with E-state index in [9.17, 15) is 19.2 Å². The van der Waals surface area contributed by atoms with Gasteiger partial charge in [-0.05, 0) is 59.5 Å². The molecule has 49 heavy (non-hydrogen) atoms. The highest BCUT2D eigenvalue weighted by molar-refractivity contribution is 6.09. The number of nitrogens with one attached hydrogen (secondary N) is 2. The Bertz CT molecular complexity index is 1950. The first-order valence-electron chi connectivity index (χ1n) is 16.0. The molecule has 2 atom stereocenters. The average Bonchev–Trinajstić information content (AvgIpc) is 3.28. The molecule has 2 unspecified atom stereocenters. The lowest BCUT2D eigenvalue weighted by molar-refractivity contribution is -0.144. The number of hydrogen-bond donors (Lipinski definition) is 3. The lowest BCUT2D eigenvalue weighted by atomic mass is 9.89.